The predicted molar refractivity (Wildman–Crippen MR) is 87.8 cm³/mol. The molecule has 2 aliphatic rings. The van der Waals surface area contributed by atoms with Crippen molar-refractivity contribution in [1.29, 1.82) is 0 Å². The second-order valence-corrected chi connectivity index (χ2v) is 10.3. The first-order valence-electron chi connectivity index (χ1n) is 7.94. The van der Waals surface area contributed by atoms with E-state index in [1.165, 1.54) is 37.2 Å². The lowest BCUT2D eigenvalue weighted by atomic mass is 9.63. The van der Waals surface area contributed by atoms with Crippen LogP contribution in [0.3, 0.4) is 0 Å². The molecule has 1 heterocycles. The van der Waals surface area contributed by atoms with Crippen LogP contribution < -0.4 is 5.32 Å². The maximum Gasteiger partial charge on any atom is 0.0212 e. The largest absolute Gasteiger partial charge is 0.310 e. The van der Waals surface area contributed by atoms with Gasteiger partial charge in [0.2, 0.25) is 0 Å². The zero-order valence-electron chi connectivity index (χ0n) is 13.8. The molecule has 0 amide bonds. The van der Waals surface area contributed by atoms with Crippen molar-refractivity contribution in [3.05, 3.63) is 0 Å². The van der Waals surface area contributed by atoms with Crippen molar-refractivity contribution in [2.75, 3.05) is 11.5 Å². The fourth-order valence-electron chi connectivity index (χ4n) is 4.46. The highest BCUT2D eigenvalue weighted by Gasteiger charge is 2.41. The molecule has 0 aromatic heterocycles. The zero-order valence-corrected chi connectivity index (χ0v) is 14.6. The molecule has 0 radical (unpaired) electrons. The summed E-state index contributed by atoms with van der Waals surface area (Å²) in [5, 5.41) is 4.04. The normalized spacial score (nSPS) is 34.1. The average molecular weight is 284 g/mol. The van der Waals surface area contributed by atoms with Crippen LogP contribution in [0.15, 0.2) is 0 Å². The van der Waals surface area contributed by atoms with E-state index in [-0.39, 0.29) is 0 Å². The number of hydrogen-bond acceptors (Lipinski definition) is 2. The lowest BCUT2D eigenvalue weighted by molar-refractivity contribution is 0.0709. The summed E-state index contributed by atoms with van der Waals surface area (Å²) in [6, 6.07) is 1.41. The molecule has 1 saturated carbocycles. The van der Waals surface area contributed by atoms with Gasteiger partial charge in [-0.2, -0.15) is 11.8 Å². The van der Waals surface area contributed by atoms with E-state index in [4.69, 9.17) is 0 Å². The SMILES string of the molecule is CC1(C)CC(NC2CSCCC2(C)C)CC(C)(C)C1. The minimum atomic E-state index is 0.469. The molecule has 1 aliphatic carbocycles. The molecule has 2 fully saturated rings. The van der Waals surface area contributed by atoms with Gasteiger partial charge in [0.25, 0.3) is 0 Å². The second kappa shape index (κ2) is 5.26. The van der Waals surface area contributed by atoms with Crippen LogP contribution in [-0.4, -0.2) is 23.6 Å². The molecule has 0 spiro atoms. The quantitative estimate of drug-likeness (QED) is 0.787. The highest BCUT2D eigenvalue weighted by atomic mass is 32.2. The third kappa shape index (κ3) is 4.14. The van der Waals surface area contributed by atoms with E-state index < -0.39 is 0 Å². The van der Waals surface area contributed by atoms with Crippen molar-refractivity contribution in [2.45, 2.75) is 79.3 Å². The number of rotatable bonds is 2. The topological polar surface area (TPSA) is 12.0 Å². The number of hydrogen-bond donors (Lipinski definition) is 1. The standard InChI is InChI=1S/C17H33NS/c1-15(2)9-13(10-16(3,4)12-15)18-14-11-19-8-7-17(14,5)6/h13-14,18H,7-12H2,1-6H3. The smallest absolute Gasteiger partial charge is 0.0212 e. The Balaban J connectivity index is 2.02. The molecule has 1 nitrogen and oxygen atoms in total. The molecule has 1 aliphatic heterocycles. The van der Waals surface area contributed by atoms with Crippen LogP contribution in [-0.2, 0) is 0 Å². The summed E-state index contributed by atoms with van der Waals surface area (Å²) in [7, 11) is 0. The van der Waals surface area contributed by atoms with Crippen LogP contribution in [0.4, 0.5) is 0 Å². The van der Waals surface area contributed by atoms with Crippen molar-refractivity contribution in [1.82, 2.24) is 5.32 Å². The Bertz CT molecular complexity index is 303. The molecule has 0 aromatic carbocycles. The first-order chi connectivity index (χ1) is 8.60. The lowest BCUT2D eigenvalue weighted by Gasteiger charge is -2.48. The second-order valence-electron chi connectivity index (χ2n) is 9.14. The van der Waals surface area contributed by atoms with E-state index in [0.29, 0.717) is 28.3 Å². The molecule has 112 valence electrons. The van der Waals surface area contributed by atoms with Gasteiger partial charge in [-0.25, -0.2) is 0 Å². The first-order valence-corrected chi connectivity index (χ1v) is 9.09. The summed E-state index contributed by atoms with van der Waals surface area (Å²) < 4.78 is 0. The van der Waals surface area contributed by atoms with Gasteiger partial charge in [0.1, 0.15) is 0 Å². The first kappa shape index (κ1) is 15.7. The van der Waals surface area contributed by atoms with Crippen LogP contribution in [0.25, 0.3) is 0 Å². The maximum atomic E-state index is 4.04. The van der Waals surface area contributed by atoms with Crippen molar-refractivity contribution in [3.63, 3.8) is 0 Å². The van der Waals surface area contributed by atoms with Gasteiger partial charge in [0, 0.05) is 17.8 Å². The summed E-state index contributed by atoms with van der Waals surface area (Å²) in [6.45, 7) is 14.7. The minimum Gasteiger partial charge on any atom is -0.310 e. The van der Waals surface area contributed by atoms with Crippen molar-refractivity contribution < 1.29 is 0 Å². The Morgan fingerprint density at radius 2 is 1.53 bits per heavy atom. The molecule has 1 atom stereocenters. The maximum absolute atomic E-state index is 4.04. The summed E-state index contributed by atoms with van der Waals surface area (Å²) in [5.74, 6) is 2.64. The Kier molecular flexibility index (Phi) is 4.34. The third-order valence-electron chi connectivity index (χ3n) is 5.11. The van der Waals surface area contributed by atoms with E-state index in [0.717, 1.165) is 0 Å². The third-order valence-corrected chi connectivity index (χ3v) is 6.17. The molecule has 1 saturated heterocycles. The zero-order chi connectivity index (χ0) is 14.3. The fourth-order valence-corrected chi connectivity index (χ4v) is 6.08. The van der Waals surface area contributed by atoms with Gasteiger partial charge < -0.3 is 5.32 Å². The van der Waals surface area contributed by atoms with Gasteiger partial charge in [-0.3, -0.25) is 0 Å². The van der Waals surface area contributed by atoms with Gasteiger partial charge in [0.05, 0.1) is 0 Å². The molecule has 1 unspecified atom stereocenters. The average Bonchev–Trinajstić information content (AvgIpc) is 2.16. The molecule has 0 aromatic rings. The Morgan fingerprint density at radius 3 is 2.05 bits per heavy atom. The van der Waals surface area contributed by atoms with Crippen molar-refractivity contribution in [3.8, 4) is 0 Å². The van der Waals surface area contributed by atoms with Crippen LogP contribution in [0.2, 0.25) is 0 Å². The molecular weight excluding hydrogens is 250 g/mol. The Hall–Kier alpha value is 0.310. The van der Waals surface area contributed by atoms with Crippen molar-refractivity contribution in [2.24, 2.45) is 16.2 Å². The van der Waals surface area contributed by atoms with Gasteiger partial charge in [-0.05, 0) is 47.7 Å². The van der Waals surface area contributed by atoms with Crippen LogP contribution >= 0.6 is 11.8 Å². The van der Waals surface area contributed by atoms with Crippen LogP contribution in [0.1, 0.15) is 67.2 Å². The lowest BCUT2D eigenvalue weighted by Crippen LogP contribution is -2.54. The van der Waals surface area contributed by atoms with E-state index >= 15 is 0 Å². The molecule has 0 bridgehead atoms. The highest BCUT2D eigenvalue weighted by Crippen LogP contribution is 2.46. The number of thioether (sulfide) groups is 1. The van der Waals surface area contributed by atoms with E-state index in [1.807, 2.05) is 0 Å². The van der Waals surface area contributed by atoms with Gasteiger partial charge >= 0.3 is 0 Å². The van der Waals surface area contributed by atoms with E-state index in [9.17, 15) is 0 Å². The number of nitrogens with one attached hydrogen (secondary N) is 1. The van der Waals surface area contributed by atoms with Crippen LogP contribution in [0.5, 0.6) is 0 Å². The Morgan fingerprint density at radius 1 is 0.947 bits per heavy atom. The highest BCUT2D eigenvalue weighted by molar-refractivity contribution is 7.99. The van der Waals surface area contributed by atoms with Gasteiger partial charge in [0.15, 0.2) is 0 Å². The minimum absolute atomic E-state index is 0.469. The summed E-state index contributed by atoms with van der Waals surface area (Å²) in [5.41, 5.74) is 1.45. The van der Waals surface area contributed by atoms with Crippen molar-refractivity contribution >= 4 is 11.8 Å². The van der Waals surface area contributed by atoms with Crippen LogP contribution in [0, 0.1) is 16.2 Å². The molecule has 1 N–H and O–H groups in total. The summed E-state index contributed by atoms with van der Waals surface area (Å²) in [4.78, 5) is 0. The molecule has 2 heteroatoms. The summed E-state index contributed by atoms with van der Waals surface area (Å²) >= 11 is 2.13. The molecule has 19 heavy (non-hydrogen) atoms. The Labute approximate surface area is 124 Å². The fraction of sp³-hybridized carbons (Fsp3) is 1.00. The predicted octanol–water partition coefficient (Wildman–Crippen LogP) is 4.71. The molecule has 2 rings (SSSR count). The monoisotopic (exact) mass is 283 g/mol. The summed E-state index contributed by atoms with van der Waals surface area (Å²) in [6.07, 6.45) is 5.40. The van der Waals surface area contributed by atoms with Gasteiger partial charge in [-0.15, -0.1) is 0 Å². The van der Waals surface area contributed by atoms with E-state index in [1.54, 1.807) is 0 Å². The molecular formula is C17H33NS. The van der Waals surface area contributed by atoms with Gasteiger partial charge in [-0.1, -0.05) is 41.5 Å². The van der Waals surface area contributed by atoms with E-state index in [2.05, 4.69) is 58.6 Å².